The van der Waals surface area contributed by atoms with Crippen LogP contribution in [0.3, 0.4) is 0 Å². The first kappa shape index (κ1) is 25.7. The van der Waals surface area contributed by atoms with Crippen LogP contribution in [-0.4, -0.2) is 86.5 Å². The van der Waals surface area contributed by atoms with Crippen LogP contribution in [0.1, 0.15) is 5.56 Å². The second-order valence-corrected chi connectivity index (χ2v) is 10.8. The van der Waals surface area contributed by atoms with Crippen LogP contribution in [0.4, 0.5) is 10.5 Å². The highest BCUT2D eigenvalue weighted by molar-refractivity contribution is 7.89. The molecule has 2 aromatic carbocycles. The Labute approximate surface area is 218 Å². The number of imide groups is 1. The van der Waals surface area contributed by atoms with Gasteiger partial charge in [-0.1, -0.05) is 18.2 Å². The Balaban J connectivity index is 1.27. The zero-order valence-corrected chi connectivity index (χ0v) is 21.4. The molecule has 0 aliphatic carbocycles. The molecule has 12 nitrogen and oxygen atoms in total. The molecule has 0 bridgehead atoms. The molecule has 1 atom stereocenters. The van der Waals surface area contributed by atoms with Gasteiger partial charge in [-0.3, -0.25) is 14.5 Å². The molecule has 2 aliphatic heterocycles. The molecule has 3 N–H and O–H groups in total. The summed E-state index contributed by atoms with van der Waals surface area (Å²) in [6.45, 7) is 0.449. The van der Waals surface area contributed by atoms with Crippen LogP contribution in [0.5, 0.6) is 5.75 Å². The van der Waals surface area contributed by atoms with Gasteiger partial charge in [-0.2, -0.15) is 4.31 Å². The highest BCUT2D eigenvalue weighted by atomic mass is 32.2. The van der Waals surface area contributed by atoms with E-state index in [2.05, 4.69) is 15.6 Å². The van der Waals surface area contributed by atoms with Gasteiger partial charge in [0.25, 0.3) is 5.91 Å². The van der Waals surface area contributed by atoms with Crippen LogP contribution in [0.2, 0.25) is 0 Å². The molecule has 0 radical (unpaired) electrons. The molecule has 2 fully saturated rings. The topological polar surface area (TPSA) is 150 Å². The zero-order valence-electron chi connectivity index (χ0n) is 20.6. The Morgan fingerprint density at radius 3 is 2.68 bits per heavy atom. The van der Waals surface area contributed by atoms with E-state index in [9.17, 15) is 22.8 Å². The number of methoxy groups -OCH3 is 1. The van der Waals surface area contributed by atoms with Gasteiger partial charge in [-0.25, -0.2) is 13.2 Å². The van der Waals surface area contributed by atoms with Crippen molar-refractivity contribution in [2.45, 2.75) is 17.4 Å². The van der Waals surface area contributed by atoms with Crippen LogP contribution in [-0.2, 0) is 30.8 Å². The zero-order chi connectivity index (χ0) is 26.9. The van der Waals surface area contributed by atoms with Crippen LogP contribution in [0.15, 0.2) is 53.6 Å². The number of rotatable bonds is 8. The third-order valence-corrected chi connectivity index (χ3v) is 8.46. The summed E-state index contributed by atoms with van der Waals surface area (Å²) in [5.41, 5.74) is 1.98. The summed E-state index contributed by atoms with van der Waals surface area (Å²) in [5, 5.41) is 6.17. The fourth-order valence-corrected chi connectivity index (χ4v) is 6.20. The van der Waals surface area contributed by atoms with Crippen LogP contribution < -0.4 is 15.4 Å². The van der Waals surface area contributed by atoms with Crippen molar-refractivity contribution in [3.8, 4) is 5.75 Å². The SMILES string of the molecule is COc1ccc(NC(=O)CN2C(=O)N[C@@H](Cc3c[nH]c4ccccc34)C2=O)cc1S(=O)(=O)N1CCOCC1. The molecular weight excluding hydrogens is 514 g/mol. The molecule has 38 heavy (non-hydrogen) atoms. The lowest BCUT2D eigenvalue weighted by Gasteiger charge is -2.26. The number of nitrogens with one attached hydrogen (secondary N) is 3. The molecular formula is C25H27N5O7S. The highest BCUT2D eigenvalue weighted by Crippen LogP contribution is 2.30. The number of sulfonamides is 1. The molecule has 5 rings (SSSR count). The Bertz CT molecular complexity index is 1500. The summed E-state index contributed by atoms with van der Waals surface area (Å²) in [4.78, 5) is 42.1. The van der Waals surface area contributed by atoms with E-state index in [-0.39, 0.29) is 49.1 Å². The maximum Gasteiger partial charge on any atom is 0.325 e. The van der Waals surface area contributed by atoms with Crippen molar-refractivity contribution in [2.75, 3.05) is 45.3 Å². The van der Waals surface area contributed by atoms with E-state index in [4.69, 9.17) is 9.47 Å². The largest absolute Gasteiger partial charge is 0.495 e. The summed E-state index contributed by atoms with van der Waals surface area (Å²) < 4.78 is 38.1. The maximum absolute atomic E-state index is 13.2. The number of amides is 4. The van der Waals surface area contributed by atoms with Crippen molar-refractivity contribution in [3.05, 3.63) is 54.2 Å². The minimum atomic E-state index is -3.91. The summed E-state index contributed by atoms with van der Waals surface area (Å²) in [7, 11) is -2.55. The molecule has 2 saturated heterocycles. The predicted octanol–water partition coefficient (Wildman–Crippen LogP) is 1.30. The van der Waals surface area contributed by atoms with Crippen molar-refractivity contribution in [2.24, 2.45) is 0 Å². The molecule has 0 unspecified atom stereocenters. The van der Waals surface area contributed by atoms with Gasteiger partial charge in [0.15, 0.2) is 0 Å². The number of anilines is 1. The lowest BCUT2D eigenvalue weighted by Crippen LogP contribution is -2.40. The minimum Gasteiger partial charge on any atom is -0.495 e. The second-order valence-electron chi connectivity index (χ2n) is 8.92. The fourth-order valence-electron chi connectivity index (χ4n) is 4.61. The minimum absolute atomic E-state index is 0.103. The smallest absolute Gasteiger partial charge is 0.325 e. The van der Waals surface area contributed by atoms with Crippen LogP contribution in [0, 0.1) is 0 Å². The number of ether oxygens (including phenoxy) is 2. The fraction of sp³-hybridized carbons (Fsp3) is 0.320. The van der Waals surface area contributed by atoms with Crippen molar-refractivity contribution < 1.29 is 32.3 Å². The quantitative estimate of drug-likeness (QED) is 0.364. The van der Waals surface area contributed by atoms with E-state index < -0.39 is 40.5 Å². The maximum atomic E-state index is 13.2. The van der Waals surface area contributed by atoms with E-state index in [0.717, 1.165) is 21.4 Å². The summed E-state index contributed by atoms with van der Waals surface area (Å²) in [6, 6.07) is 10.4. The molecule has 13 heteroatoms. The van der Waals surface area contributed by atoms with Gasteiger partial charge in [0.2, 0.25) is 15.9 Å². The van der Waals surface area contributed by atoms with Gasteiger partial charge >= 0.3 is 6.03 Å². The molecule has 2 aliphatic rings. The first-order valence-electron chi connectivity index (χ1n) is 12.0. The number of morpholine rings is 1. The predicted molar refractivity (Wildman–Crippen MR) is 137 cm³/mol. The average molecular weight is 542 g/mol. The molecule has 3 aromatic rings. The number of carbonyl (C=O) groups is 3. The van der Waals surface area contributed by atoms with Gasteiger partial charge in [0.1, 0.15) is 23.2 Å². The van der Waals surface area contributed by atoms with Gasteiger partial charge in [0, 0.05) is 42.3 Å². The average Bonchev–Trinajstić information content (AvgIpc) is 3.45. The summed E-state index contributed by atoms with van der Waals surface area (Å²) >= 11 is 0. The van der Waals surface area contributed by atoms with Crippen molar-refractivity contribution >= 4 is 44.5 Å². The number of carbonyl (C=O) groups excluding carboxylic acids is 3. The van der Waals surface area contributed by atoms with Crippen molar-refractivity contribution in [1.29, 1.82) is 0 Å². The number of nitrogens with zero attached hydrogens (tertiary/aromatic N) is 2. The third-order valence-electron chi connectivity index (χ3n) is 6.54. The number of fused-ring (bicyclic) bond motifs is 1. The Kier molecular flexibility index (Phi) is 7.06. The Hall–Kier alpha value is -3.94. The van der Waals surface area contributed by atoms with E-state index in [1.165, 1.54) is 29.6 Å². The Morgan fingerprint density at radius 2 is 1.92 bits per heavy atom. The lowest BCUT2D eigenvalue weighted by molar-refractivity contribution is -0.130. The van der Waals surface area contributed by atoms with E-state index in [1.54, 1.807) is 6.20 Å². The van der Waals surface area contributed by atoms with Gasteiger partial charge in [-0.15, -0.1) is 0 Å². The van der Waals surface area contributed by atoms with E-state index in [0.29, 0.717) is 0 Å². The number of hydrogen-bond acceptors (Lipinski definition) is 7. The molecule has 1 aromatic heterocycles. The van der Waals surface area contributed by atoms with Gasteiger partial charge in [-0.05, 0) is 29.8 Å². The van der Waals surface area contributed by atoms with Gasteiger partial charge in [0.05, 0.1) is 20.3 Å². The second kappa shape index (κ2) is 10.4. The standard InChI is InChI=1S/C25H27N5O7S/c1-36-21-7-6-17(13-22(21)38(34,35)29-8-10-37-11-9-29)27-23(31)15-30-24(32)20(28-25(30)33)12-16-14-26-19-5-3-2-4-18(16)19/h2-7,13-14,20,26H,8-12,15H2,1H3,(H,27,31)(H,28,33)/t20-/m0/s1. The molecule has 0 spiro atoms. The monoisotopic (exact) mass is 541 g/mol. The number of urea groups is 1. The number of para-hydroxylation sites is 1. The summed E-state index contributed by atoms with van der Waals surface area (Å²) in [6.07, 6.45) is 2.07. The van der Waals surface area contributed by atoms with Crippen molar-refractivity contribution in [3.63, 3.8) is 0 Å². The first-order chi connectivity index (χ1) is 18.3. The van der Waals surface area contributed by atoms with Crippen LogP contribution >= 0.6 is 0 Å². The van der Waals surface area contributed by atoms with Crippen LogP contribution in [0.25, 0.3) is 10.9 Å². The lowest BCUT2D eigenvalue weighted by atomic mass is 10.1. The number of aromatic amines is 1. The Morgan fingerprint density at radius 1 is 1.16 bits per heavy atom. The number of aromatic nitrogens is 1. The molecule has 200 valence electrons. The third kappa shape index (κ3) is 4.95. The molecule has 4 amide bonds. The van der Waals surface area contributed by atoms with E-state index >= 15 is 0 Å². The normalized spacial score (nSPS) is 18.6. The number of H-pyrrole nitrogens is 1. The van der Waals surface area contributed by atoms with E-state index in [1.807, 2.05) is 24.3 Å². The molecule has 0 saturated carbocycles. The summed E-state index contributed by atoms with van der Waals surface area (Å²) in [5.74, 6) is -1.04. The number of benzene rings is 2. The first-order valence-corrected chi connectivity index (χ1v) is 13.4. The molecule has 3 heterocycles. The van der Waals surface area contributed by atoms with Crippen molar-refractivity contribution in [1.82, 2.24) is 19.5 Å². The van der Waals surface area contributed by atoms with Gasteiger partial charge < -0.3 is 25.1 Å². The highest BCUT2D eigenvalue weighted by Gasteiger charge is 2.39. The number of hydrogen-bond donors (Lipinski definition) is 3.